The second-order valence-corrected chi connectivity index (χ2v) is 6.30. The van der Waals surface area contributed by atoms with Gasteiger partial charge in [0.25, 0.3) is 0 Å². The number of carbonyl (C=O) groups excluding carboxylic acids is 1. The minimum atomic E-state index is -0.571. The highest BCUT2D eigenvalue weighted by Crippen LogP contribution is 2.17. The Balaban J connectivity index is 2.30. The Bertz CT molecular complexity index is 306. The fourth-order valence-electron chi connectivity index (χ4n) is 3.06. The molecular formula is C16H32N2O3. The first-order valence-electron chi connectivity index (χ1n) is 8.11. The highest BCUT2D eigenvalue weighted by molar-refractivity contribution is 5.80. The van der Waals surface area contributed by atoms with E-state index in [1.54, 1.807) is 0 Å². The molecule has 2 unspecified atom stereocenters. The molecule has 0 spiro atoms. The third-order valence-corrected chi connectivity index (χ3v) is 4.24. The van der Waals surface area contributed by atoms with Gasteiger partial charge in [-0.05, 0) is 58.7 Å². The van der Waals surface area contributed by atoms with Gasteiger partial charge in [-0.25, -0.2) is 0 Å². The Labute approximate surface area is 129 Å². The van der Waals surface area contributed by atoms with Gasteiger partial charge in [-0.1, -0.05) is 6.92 Å². The molecule has 21 heavy (non-hydrogen) atoms. The van der Waals surface area contributed by atoms with Crippen LogP contribution in [0.5, 0.6) is 0 Å². The summed E-state index contributed by atoms with van der Waals surface area (Å²) in [4.78, 5) is 14.3. The molecule has 1 aliphatic rings. The van der Waals surface area contributed by atoms with Crippen LogP contribution >= 0.6 is 0 Å². The maximum atomic E-state index is 11.9. The molecule has 0 aromatic heterocycles. The molecule has 0 bridgehead atoms. The van der Waals surface area contributed by atoms with E-state index in [0.29, 0.717) is 5.92 Å². The fourth-order valence-corrected chi connectivity index (χ4v) is 3.06. The first kappa shape index (κ1) is 18.4. The van der Waals surface area contributed by atoms with Crippen molar-refractivity contribution in [2.24, 2.45) is 5.92 Å². The van der Waals surface area contributed by atoms with Crippen molar-refractivity contribution in [3.63, 3.8) is 0 Å². The van der Waals surface area contributed by atoms with Gasteiger partial charge in [0.15, 0.2) is 0 Å². The Hall–Kier alpha value is -0.650. The molecule has 1 heterocycles. The molecule has 5 heteroatoms. The summed E-state index contributed by atoms with van der Waals surface area (Å²) < 4.78 is 10.4. The van der Waals surface area contributed by atoms with Crippen molar-refractivity contribution >= 4 is 5.97 Å². The molecule has 1 aliphatic heterocycles. The Morgan fingerprint density at radius 2 is 2.29 bits per heavy atom. The van der Waals surface area contributed by atoms with E-state index in [1.807, 2.05) is 13.8 Å². The van der Waals surface area contributed by atoms with E-state index in [9.17, 15) is 4.79 Å². The maximum Gasteiger partial charge on any atom is 0.325 e. The number of hydrogen-bond donors (Lipinski definition) is 1. The van der Waals surface area contributed by atoms with E-state index >= 15 is 0 Å². The average molecular weight is 300 g/mol. The highest BCUT2D eigenvalue weighted by Gasteiger charge is 2.32. The smallest absolute Gasteiger partial charge is 0.325 e. The first-order chi connectivity index (χ1) is 10.0. The number of nitrogens with zero attached hydrogens (tertiary/aromatic N) is 1. The van der Waals surface area contributed by atoms with Gasteiger partial charge < -0.3 is 19.7 Å². The zero-order valence-corrected chi connectivity index (χ0v) is 14.1. The van der Waals surface area contributed by atoms with E-state index in [4.69, 9.17) is 9.47 Å². The molecule has 0 saturated carbocycles. The van der Waals surface area contributed by atoms with Crippen molar-refractivity contribution in [2.75, 3.05) is 47.0 Å². The Morgan fingerprint density at radius 3 is 2.86 bits per heavy atom. The summed E-state index contributed by atoms with van der Waals surface area (Å²) in [6, 6.07) is 0. The molecule has 1 fully saturated rings. The highest BCUT2D eigenvalue weighted by atomic mass is 16.5. The normalized spacial score (nSPS) is 22.0. The topological polar surface area (TPSA) is 50.8 Å². The number of ether oxygens (including phenoxy) is 2. The summed E-state index contributed by atoms with van der Waals surface area (Å²) in [7, 11) is 3.60. The van der Waals surface area contributed by atoms with Crippen molar-refractivity contribution in [2.45, 2.75) is 45.1 Å². The number of rotatable bonds is 9. The van der Waals surface area contributed by atoms with Crippen molar-refractivity contribution in [1.82, 2.24) is 10.2 Å². The van der Waals surface area contributed by atoms with Crippen LogP contribution in [0.25, 0.3) is 0 Å². The molecule has 1 saturated heterocycles. The van der Waals surface area contributed by atoms with Gasteiger partial charge in [0.2, 0.25) is 0 Å². The molecule has 2 atom stereocenters. The van der Waals surface area contributed by atoms with Crippen LogP contribution in [0.1, 0.15) is 39.5 Å². The molecule has 124 valence electrons. The predicted octanol–water partition coefficient (Wildman–Crippen LogP) is 1.67. The van der Waals surface area contributed by atoms with Gasteiger partial charge in [-0.3, -0.25) is 4.79 Å². The van der Waals surface area contributed by atoms with E-state index in [-0.39, 0.29) is 5.97 Å². The van der Waals surface area contributed by atoms with Crippen LogP contribution in [0.4, 0.5) is 0 Å². The van der Waals surface area contributed by atoms with Gasteiger partial charge >= 0.3 is 5.97 Å². The monoisotopic (exact) mass is 300 g/mol. The number of hydrogen-bond acceptors (Lipinski definition) is 5. The quantitative estimate of drug-likeness (QED) is 0.656. The molecule has 5 nitrogen and oxygen atoms in total. The maximum absolute atomic E-state index is 11.9. The summed E-state index contributed by atoms with van der Waals surface area (Å²) in [5.41, 5.74) is -0.571. The molecule has 0 amide bonds. The standard InChI is InChI=1S/C16H32N2O3/c1-5-17-16(2,15(19)20-4)9-7-10-18(3)12-14-8-6-11-21-13-14/h14,17H,5-13H2,1-4H3. The zero-order chi connectivity index (χ0) is 15.7. The minimum absolute atomic E-state index is 0.173. The van der Waals surface area contributed by atoms with Crippen molar-refractivity contribution in [3.8, 4) is 0 Å². The van der Waals surface area contributed by atoms with E-state index in [0.717, 1.165) is 45.7 Å². The lowest BCUT2D eigenvalue weighted by Crippen LogP contribution is -2.50. The van der Waals surface area contributed by atoms with Crippen LogP contribution in [0.2, 0.25) is 0 Å². The van der Waals surface area contributed by atoms with Gasteiger partial charge in [-0.2, -0.15) is 0 Å². The van der Waals surface area contributed by atoms with Crippen molar-refractivity contribution in [3.05, 3.63) is 0 Å². The summed E-state index contributed by atoms with van der Waals surface area (Å²) in [6.45, 7) is 8.58. The number of esters is 1. The second kappa shape index (κ2) is 9.38. The number of likely N-dealkylation sites (N-methyl/N-ethyl adjacent to an activating group) is 1. The number of carbonyl (C=O) groups is 1. The largest absolute Gasteiger partial charge is 0.468 e. The van der Waals surface area contributed by atoms with Crippen LogP contribution in [-0.2, 0) is 14.3 Å². The molecule has 0 radical (unpaired) electrons. The molecule has 1 N–H and O–H groups in total. The zero-order valence-electron chi connectivity index (χ0n) is 14.1. The molecule has 0 aromatic rings. The Kier molecular flexibility index (Phi) is 8.22. The number of methoxy groups -OCH3 is 1. The predicted molar refractivity (Wildman–Crippen MR) is 84.4 cm³/mol. The van der Waals surface area contributed by atoms with Gasteiger partial charge in [-0.15, -0.1) is 0 Å². The molecule has 0 aromatic carbocycles. The third-order valence-electron chi connectivity index (χ3n) is 4.24. The lowest BCUT2D eigenvalue weighted by molar-refractivity contribution is -0.148. The van der Waals surface area contributed by atoms with Crippen LogP contribution in [0.3, 0.4) is 0 Å². The summed E-state index contributed by atoms with van der Waals surface area (Å²) in [5, 5.41) is 3.25. The first-order valence-corrected chi connectivity index (χ1v) is 8.11. The average Bonchev–Trinajstić information content (AvgIpc) is 2.47. The van der Waals surface area contributed by atoms with Gasteiger partial charge in [0.05, 0.1) is 13.7 Å². The lowest BCUT2D eigenvalue weighted by atomic mass is 9.95. The minimum Gasteiger partial charge on any atom is -0.468 e. The summed E-state index contributed by atoms with van der Waals surface area (Å²) >= 11 is 0. The second-order valence-electron chi connectivity index (χ2n) is 6.30. The third kappa shape index (κ3) is 6.32. The molecule has 1 rings (SSSR count). The van der Waals surface area contributed by atoms with Gasteiger partial charge in [0.1, 0.15) is 5.54 Å². The van der Waals surface area contributed by atoms with Crippen LogP contribution in [0, 0.1) is 5.92 Å². The van der Waals surface area contributed by atoms with E-state index in [1.165, 1.54) is 20.0 Å². The lowest BCUT2D eigenvalue weighted by Gasteiger charge is -2.30. The van der Waals surface area contributed by atoms with Crippen LogP contribution < -0.4 is 5.32 Å². The van der Waals surface area contributed by atoms with E-state index < -0.39 is 5.54 Å². The van der Waals surface area contributed by atoms with Crippen molar-refractivity contribution < 1.29 is 14.3 Å². The van der Waals surface area contributed by atoms with Crippen LogP contribution in [0.15, 0.2) is 0 Å². The van der Waals surface area contributed by atoms with Crippen LogP contribution in [-0.4, -0.2) is 63.4 Å². The SMILES string of the molecule is CCNC(C)(CCCN(C)CC1CCCOC1)C(=O)OC. The fraction of sp³-hybridized carbons (Fsp3) is 0.938. The molecular weight excluding hydrogens is 268 g/mol. The summed E-state index contributed by atoms with van der Waals surface area (Å²) in [5.74, 6) is 0.484. The van der Waals surface area contributed by atoms with Gasteiger partial charge in [0, 0.05) is 13.2 Å². The number of nitrogens with one attached hydrogen (secondary N) is 1. The van der Waals surface area contributed by atoms with E-state index in [2.05, 4.69) is 17.3 Å². The summed E-state index contributed by atoms with van der Waals surface area (Å²) in [6.07, 6.45) is 4.21. The Morgan fingerprint density at radius 1 is 1.52 bits per heavy atom. The molecule has 0 aliphatic carbocycles. The van der Waals surface area contributed by atoms with Crippen molar-refractivity contribution in [1.29, 1.82) is 0 Å².